The summed E-state index contributed by atoms with van der Waals surface area (Å²) in [5.74, 6) is -3.51. The fourth-order valence-electron chi connectivity index (χ4n) is 1.43. The number of carboxylic acids is 1. The number of carboxylic acid groups (broad SMARTS) is 1. The van der Waals surface area contributed by atoms with Crippen LogP contribution in [-0.2, 0) is 4.79 Å². The Hall–Kier alpha value is -1.20. The maximum absolute atomic E-state index is 13.4. The van der Waals surface area contributed by atoms with E-state index in [1.54, 1.807) is 0 Å². The monoisotopic (exact) mass is 249 g/mol. The third-order valence-corrected chi connectivity index (χ3v) is 2.58. The van der Waals surface area contributed by atoms with Gasteiger partial charge in [-0.3, -0.25) is 4.79 Å². The van der Waals surface area contributed by atoms with Gasteiger partial charge < -0.3 is 10.8 Å². The molecule has 0 aromatic heterocycles. The maximum atomic E-state index is 13.4. The normalized spacial score (nSPS) is 12.5. The molecule has 0 aliphatic carbocycles. The van der Waals surface area contributed by atoms with E-state index >= 15 is 0 Å². The Bertz CT molecular complexity index is 412. The van der Waals surface area contributed by atoms with Crippen LogP contribution in [0.25, 0.3) is 0 Å². The van der Waals surface area contributed by atoms with Crippen molar-refractivity contribution in [1.29, 1.82) is 0 Å². The van der Waals surface area contributed by atoms with Crippen LogP contribution in [0.5, 0.6) is 0 Å². The highest BCUT2D eigenvalue weighted by atomic mass is 35.5. The van der Waals surface area contributed by atoms with E-state index in [1.165, 1.54) is 0 Å². The van der Waals surface area contributed by atoms with Crippen LogP contribution in [0.15, 0.2) is 12.1 Å². The van der Waals surface area contributed by atoms with Crippen LogP contribution in [0.1, 0.15) is 17.9 Å². The fraction of sp³-hybridized carbons (Fsp3) is 0.300. The molecule has 1 aromatic rings. The number of hydrogen-bond acceptors (Lipinski definition) is 2. The summed E-state index contributed by atoms with van der Waals surface area (Å²) in [6.45, 7) is -0.119. The number of aliphatic carboxylic acids is 1. The van der Waals surface area contributed by atoms with Gasteiger partial charge in [-0.2, -0.15) is 0 Å². The van der Waals surface area contributed by atoms with E-state index in [4.69, 9.17) is 22.4 Å². The summed E-state index contributed by atoms with van der Waals surface area (Å²) in [4.78, 5) is 10.5. The Morgan fingerprint density at radius 2 is 2.00 bits per heavy atom. The lowest BCUT2D eigenvalue weighted by atomic mass is 9.95. The molecule has 0 saturated carbocycles. The minimum atomic E-state index is -1.14. The van der Waals surface area contributed by atoms with Crippen LogP contribution in [0.2, 0.25) is 5.02 Å². The van der Waals surface area contributed by atoms with Gasteiger partial charge in [0.05, 0.1) is 11.4 Å². The largest absolute Gasteiger partial charge is 0.481 e. The first kappa shape index (κ1) is 12.9. The van der Waals surface area contributed by atoms with Gasteiger partial charge in [0.2, 0.25) is 0 Å². The molecular weight excluding hydrogens is 240 g/mol. The number of nitrogens with two attached hydrogens (primary N) is 1. The van der Waals surface area contributed by atoms with Crippen molar-refractivity contribution in [3.05, 3.63) is 34.4 Å². The zero-order chi connectivity index (χ0) is 12.3. The maximum Gasteiger partial charge on any atom is 0.304 e. The van der Waals surface area contributed by atoms with Gasteiger partial charge in [0.25, 0.3) is 0 Å². The third-order valence-electron chi connectivity index (χ3n) is 2.19. The quantitative estimate of drug-likeness (QED) is 0.804. The summed E-state index contributed by atoms with van der Waals surface area (Å²) in [6.07, 6.45) is -0.392. The minimum absolute atomic E-state index is 0.119. The summed E-state index contributed by atoms with van der Waals surface area (Å²) in [7, 11) is 0. The smallest absolute Gasteiger partial charge is 0.304 e. The molecule has 0 spiro atoms. The van der Waals surface area contributed by atoms with E-state index < -0.39 is 35.0 Å². The molecule has 0 radical (unpaired) electrons. The van der Waals surface area contributed by atoms with Gasteiger partial charge in [-0.05, 0) is 18.7 Å². The van der Waals surface area contributed by atoms with E-state index in [0.717, 1.165) is 12.1 Å². The molecule has 1 rings (SSSR count). The van der Waals surface area contributed by atoms with Crippen molar-refractivity contribution in [2.45, 2.75) is 12.3 Å². The molecule has 1 atom stereocenters. The second kappa shape index (κ2) is 5.23. The van der Waals surface area contributed by atoms with E-state index in [2.05, 4.69) is 0 Å². The Morgan fingerprint density at radius 3 is 2.50 bits per heavy atom. The van der Waals surface area contributed by atoms with Gasteiger partial charge in [-0.1, -0.05) is 11.6 Å². The summed E-state index contributed by atoms with van der Waals surface area (Å²) in [5, 5.41) is 8.21. The van der Waals surface area contributed by atoms with Crippen molar-refractivity contribution >= 4 is 17.6 Å². The SMILES string of the molecule is NCC(CC(=O)O)c1c(F)ccc(F)c1Cl. The van der Waals surface area contributed by atoms with Crippen LogP contribution < -0.4 is 5.73 Å². The first-order chi connectivity index (χ1) is 7.47. The van der Waals surface area contributed by atoms with Crippen LogP contribution in [0, 0.1) is 11.6 Å². The highest BCUT2D eigenvalue weighted by molar-refractivity contribution is 6.31. The van der Waals surface area contributed by atoms with E-state index in [0.29, 0.717) is 0 Å². The second-order valence-corrected chi connectivity index (χ2v) is 3.67. The average Bonchev–Trinajstić information content (AvgIpc) is 2.22. The summed E-state index contributed by atoms with van der Waals surface area (Å²) in [6, 6.07) is 1.79. The molecule has 0 amide bonds. The predicted molar refractivity (Wildman–Crippen MR) is 55.4 cm³/mol. The number of benzene rings is 1. The Kier molecular flexibility index (Phi) is 4.20. The molecule has 0 aliphatic heterocycles. The Morgan fingerprint density at radius 1 is 1.44 bits per heavy atom. The van der Waals surface area contributed by atoms with Crippen LogP contribution in [-0.4, -0.2) is 17.6 Å². The molecule has 0 heterocycles. The minimum Gasteiger partial charge on any atom is -0.481 e. The van der Waals surface area contributed by atoms with E-state index in [9.17, 15) is 13.6 Å². The van der Waals surface area contributed by atoms with Crippen molar-refractivity contribution in [3.8, 4) is 0 Å². The molecule has 1 aromatic carbocycles. The zero-order valence-corrected chi connectivity index (χ0v) is 8.97. The summed E-state index contributed by atoms with van der Waals surface area (Å²) >= 11 is 5.59. The molecule has 3 N–H and O–H groups in total. The highest BCUT2D eigenvalue weighted by Gasteiger charge is 2.22. The molecule has 0 fully saturated rings. The molecule has 6 heteroatoms. The number of hydrogen-bond donors (Lipinski definition) is 2. The molecule has 0 aliphatic rings. The topological polar surface area (TPSA) is 63.3 Å². The number of carbonyl (C=O) groups is 1. The van der Waals surface area contributed by atoms with Gasteiger partial charge in [0.15, 0.2) is 0 Å². The molecular formula is C10H10ClF2NO2. The first-order valence-corrected chi connectivity index (χ1v) is 4.90. The van der Waals surface area contributed by atoms with Gasteiger partial charge in [0.1, 0.15) is 11.6 Å². The van der Waals surface area contributed by atoms with Crippen molar-refractivity contribution in [3.63, 3.8) is 0 Å². The van der Waals surface area contributed by atoms with Crippen molar-refractivity contribution in [2.75, 3.05) is 6.54 Å². The second-order valence-electron chi connectivity index (χ2n) is 3.29. The number of halogens is 3. The Balaban J connectivity index is 3.18. The highest BCUT2D eigenvalue weighted by Crippen LogP contribution is 2.31. The van der Waals surface area contributed by atoms with Crippen LogP contribution in [0.4, 0.5) is 8.78 Å². The fourth-order valence-corrected chi connectivity index (χ4v) is 1.74. The van der Waals surface area contributed by atoms with Gasteiger partial charge >= 0.3 is 5.97 Å². The lowest BCUT2D eigenvalue weighted by Crippen LogP contribution is -2.18. The molecule has 16 heavy (non-hydrogen) atoms. The van der Waals surface area contributed by atoms with Gasteiger partial charge in [0, 0.05) is 11.5 Å². The molecule has 1 unspecified atom stereocenters. The van der Waals surface area contributed by atoms with E-state index in [1.807, 2.05) is 0 Å². The lowest BCUT2D eigenvalue weighted by Gasteiger charge is -2.15. The van der Waals surface area contributed by atoms with Crippen molar-refractivity contribution in [2.24, 2.45) is 5.73 Å². The molecule has 0 saturated heterocycles. The molecule has 0 bridgehead atoms. The molecule has 88 valence electrons. The third kappa shape index (κ3) is 2.68. The Labute approximate surface area is 95.8 Å². The first-order valence-electron chi connectivity index (χ1n) is 4.52. The van der Waals surface area contributed by atoms with Gasteiger partial charge in [-0.15, -0.1) is 0 Å². The standard InChI is InChI=1S/C10H10ClF2NO2/c11-10-7(13)2-1-6(12)9(10)5(4-14)3-8(15)16/h1-2,5H,3-4,14H2,(H,15,16). The molecule has 3 nitrogen and oxygen atoms in total. The summed E-state index contributed by atoms with van der Waals surface area (Å²) < 4.78 is 26.5. The number of rotatable bonds is 4. The van der Waals surface area contributed by atoms with Crippen LogP contribution >= 0.6 is 11.6 Å². The van der Waals surface area contributed by atoms with Gasteiger partial charge in [-0.25, -0.2) is 8.78 Å². The predicted octanol–water partition coefficient (Wildman–Crippen LogP) is 2.14. The average molecular weight is 250 g/mol. The van der Waals surface area contributed by atoms with E-state index in [-0.39, 0.29) is 12.1 Å². The van der Waals surface area contributed by atoms with Crippen LogP contribution in [0.3, 0.4) is 0 Å². The van der Waals surface area contributed by atoms with Crippen molar-refractivity contribution in [1.82, 2.24) is 0 Å². The summed E-state index contributed by atoms with van der Waals surface area (Å²) in [5.41, 5.74) is 5.16. The van der Waals surface area contributed by atoms with Crippen molar-refractivity contribution < 1.29 is 18.7 Å². The lowest BCUT2D eigenvalue weighted by molar-refractivity contribution is -0.137. The zero-order valence-electron chi connectivity index (χ0n) is 8.21.